The molecule has 3 atom stereocenters. The number of carbonyl (C=O) groups is 2. The van der Waals surface area contributed by atoms with Crippen LogP contribution in [0.3, 0.4) is 0 Å². The van der Waals surface area contributed by atoms with Crippen LogP contribution >= 0.6 is 0 Å². The van der Waals surface area contributed by atoms with Gasteiger partial charge < -0.3 is 25.7 Å². The van der Waals surface area contributed by atoms with Crippen molar-refractivity contribution >= 4 is 33.9 Å². The molecule has 9 heteroatoms. The Bertz CT molecular complexity index is 1950. The molecule has 0 bridgehead atoms. The van der Waals surface area contributed by atoms with Gasteiger partial charge in [0.05, 0.1) is 34.2 Å². The van der Waals surface area contributed by atoms with Gasteiger partial charge >= 0.3 is 0 Å². The molecule has 0 saturated heterocycles. The van der Waals surface area contributed by atoms with E-state index in [1.807, 2.05) is 33.8 Å². The first-order valence-electron chi connectivity index (χ1n) is 19.4. The molecule has 2 amide bonds. The van der Waals surface area contributed by atoms with E-state index >= 15 is 0 Å². The predicted octanol–water partition coefficient (Wildman–Crippen LogP) is 10.0. The second kappa shape index (κ2) is 15.0. The summed E-state index contributed by atoms with van der Waals surface area (Å²) in [6.45, 7) is 26.4. The number of aliphatic hydroxyl groups is 1. The molecule has 1 unspecified atom stereocenters. The van der Waals surface area contributed by atoms with Crippen molar-refractivity contribution in [1.29, 1.82) is 0 Å². The average Bonchev–Trinajstić information content (AvgIpc) is 3.66. The molecule has 0 fully saturated rings. The van der Waals surface area contributed by atoms with Gasteiger partial charge in [-0.2, -0.15) is 0 Å². The van der Waals surface area contributed by atoms with Crippen LogP contribution in [0.1, 0.15) is 127 Å². The normalized spacial score (nSPS) is 15.1. The van der Waals surface area contributed by atoms with Gasteiger partial charge in [0.1, 0.15) is 17.2 Å². The SMILES string of the molecule is CC(C)CC(C)(C)C(=O)N[C@H](c1nc2cc(-c3ccc(-c4ccc5[nH]c([C@@H](NC(=O)C(C)(O)CC(C)C)C(C)(C)C)nc5c4)cc3)ccc2[nH]1)C(C)(C)C. The highest BCUT2D eigenvalue weighted by Crippen LogP contribution is 2.37. The fraction of sp³-hybridized carbons (Fsp3) is 0.511. The predicted molar refractivity (Wildman–Crippen MR) is 221 cm³/mol. The highest BCUT2D eigenvalue weighted by molar-refractivity contribution is 5.87. The Morgan fingerprint density at radius 1 is 0.593 bits per heavy atom. The topological polar surface area (TPSA) is 136 Å². The van der Waals surface area contributed by atoms with E-state index in [1.54, 1.807) is 6.92 Å². The molecular formula is C45H62N6O3. The summed E-state index contributed by atoms with van der Waals surface area (Å²) in [6, 6.07) is 20.2. The zero-order valence-electron chi connectivity index (χ0n) is 34.7. The van der Waals surface area contributed by atoms with E-state index < -0.39 is 23.0 Å². The Labute approximate surface area is 321 Å². The minimum atomic E-state index is -1.48. The van der Waals surface area contributed by atoms with Crippen molar-refractivity contribution in [2.24, 2.45) is 28.1 Å². The maximum Gasteiger partial charge on any atom is 0.252 e. The second-order valence-electron chi connectivity index (χ2n) is 19.2. The van der Waals surface area contributed by atoms with E-state index in [2.05, 4.69) is 131 Å². The Balaban J connectivity index is 1.37. The number of benzene rings is 3. The van der Waals surface area contributed by atoms with E-state index in [-0.39, 0.29) is 28.7 Å². The smallest absolute Gasteiger partial charge is 0.252 e. The Hall–Kier alpha value is -4.50. The number of aromatic amines is 2. The fourth-order valence-corrected chi connectivity index (χ4v) is 7.54. The molecule has 0 aliphatic rings. The van der Waals surface area contributed by atoms with Gasteiger partial charge in [0.25, 0.3) is 5.91 Å². The molecule has 0 spiro atoms. The summed E-state index contributed by atoms with van der Waals surface area (Å²) >= 11 is 0. The lowest BCUT2D eigenvalue weighted by atomic mass is 9.81. The van der Waals surface area contributed by atoms with Crippen molar-refractivity contribution in [2.75, 3.05) is 0 Å². The van der Waals surface area contributed by atoms with Crippen LogP contribution in [0, 0.1) is 28.1 Å². The molecule has 2 heterocycles. The number of amides is 2. The maximum absolute atomic E-state index is 13.5. The lowest BCUT2D eigenvalue weighted by Gasteiger charge is -2.34. The van der Waals surface area contributed by atoms with Crippen molar-refractivity contribution in [3.63, 3.8) is 0 Å². The zero-order chi connectivity index (χ0) is 40.0. The van der Waals surface area contributed by atoms with Gasteiger partial charge in [0, 0.05) is 5.41 Å². The van der Waals surface area contributed by atoms with Crippen LogP contribution in [0.25, 0.3) is 44.3 Å². The van der Waals surface area contributed by atoms with Gasteiger partial charge in [-0.3, -0.25) is 9.59 Å². The van der Waals surface area contributed by atoms with Gasteiger partial charge in [0.2, 0.25) is 5.91 Å². The Kier molecular flexibility index (Phi) is 11.3. The number of aromatic nitrogens is 4. The number of rotatable bonds is 12. The standard InChI is InChI=1S/C45H62N6O3/c1-26(2)24-44(11,12)40(52)50-36(42(5,6)7)38-46-32-20-18-30(22-34(32)48-38)28-14-16-29(17-15-28)31-19-21-33-35(23-31)49-39(47-33)37(43(8,9)10)51-41(53)45(13,54)25-27(3)4/h14-23,26-27,36-37,54H,24-25H2,1-13H3,(H,46,48)(H,47,49)(H,50,52)(H,51,53)/t36-,37-,45?/m1/s1. The minimum absolute atomic E-state index is 0.0366. The summed E-state index contributed by atoms with van der Waals surface area (Å²) in [7, 11) is 0. The molecule has 0 aliphatic heterocycles. The van der Waals surface area contributed by atoms with Crippen LogP contribution in [-0.2, 0) is 9.59 Å². The van der Waals surface area contributed by atoms with Crippen LogP contribution in [0.2, 0.25) is 0 Å². The molecule has 5 rings (SSSR count). The Morgan fingerprint density at radius 3 is 1.33 bits per heavy atom. The van der Waals surface area contributed by atoms with Crippen LogP contribution in [-0.4, -0.2) is 42.5 Å². The summed E-state index contributed by atoms with van der Waals surface area (Å²) in [5, 5.41) is 17.3. The lowest BCUT2D eigenvalue weighted by Crippen LogP contribution is -2.49. The van der Waals surface area contributed by atoms with Crippen LogP contribution in [0.15, 0.2) is 60.7 Å². The van der Waals surface area contributed by atoms with E-state index in [4.69, 9.17) is 9.97 Å². The first-order chi connectivity index (χ1) is 24.9. The molecule has 9 nitrogen and oxygen atoms in total. The summed E-state index contributed by atoms with van der Waals surface area (Å²) < 4.78 is 0. The third-order valence-electron chi connectivity index (χ3n) is 10.2. The molecule has 0 aliphatic carbocycles. The first-order valence-corrected chi connectivity index (χ1v) is 19.4. The van der Waals surface area contributed by atoms with Crippen LogP contribution in [0.4, 0.5) is 0 Å². The Morgan fingerprint density at radius 2 is 0.963 bits per heavy atom. The summed E-state index contributed by atoms with van der Waals surface area (Å²) in [6.07, 6.45) is 1.17. The van der Waals surface area contributed by atoms with Gasteiger partial charge in [0.15, 0.2) is 0 Å². The number of nitrogens with one attached hydrogen (secondary N) is 4. The highest BCUT2D eigenvalue weighted by atomic mass is 16.3. The first kappa shape index (κ1) is 40.7. The third kappa shape index (κ3) is 9.23. The van der Waals surface area contributed by atoms with E-state index in [0.29, 0.717) is 18.2 Å². The monoisotopic (exact) mass is 734 g/mol. The van der Waals surface area contributed by atoms with Gasteiger partial charge in [-0.1, -0.05) is 119 Å². The molecule has 5 N–H and O–H groups in total. The van der Waals surface area contributed by atoms with Crippen molar-refractivity contribution in [1.82, 2.24) is 30.6 Å². The van der Waals surface area contributed by atoms with E-state index in [9.17, 15) is 14.7 Å². The van der Waals surface area contributed by atoms with E-state index in [1.165, 1.54) is 0 Å². The lowest BCUT2D eigenvalue weighted by molar-refractivity contribution is -0.141. The third-order valence-corrected chi connectivity index (χ3v) is 10.2. The van der Waals surface area contributed by atoms with Gasteiger partial charge in [-0.05, 0) is 89.0 Å². The fourth-order valence-electron chi connectivity index (χ4n) is 7.54. The number of imidazole rings is 2. The van der Waals surface area contributed by atoms with Gasteiger partial charge in [-0.25, -0.2) is 9.97 Å². The quantitative estimate of drug-likeness (QED) is 0.0870. The molecule has 2 aromatic heterocycles. The molecule has 0 radical (unpaired) electrons. The molecule has 54 heavy (non-hydrogen) atoms. The van der Waals surface area contributed by atoms with Crippen molar-refractivity contribution in [2.45, 2.75) is 121 Å². The largest absolute Gasteiger partial charge is 0.380 e. The summed E-state index contributed by atoms with van der Waals surface area (Å²) in [5.74, 6) is 1.63. The number of hydrogen-bond acceptors (Lipinski definition) is 5. The molecular weight excluding hydrogens is 673 g/mol. The minimum Gasteiger partial charge on any atom is -0.380 e. The molecule has 5 aromatic rings. The average molecular weight is 735 g/mol. The zero-order valence-corrected chi connectivity index (χ0v) is 34.7. The van der Waals surface area contributed by atoms with Crippen LogP contribution in [0.5, 0.6) is 0 Å². The second-order valence-corrected chi connectivity index (χ2v) is 19.2. The van der Waals surface area contributed by atoms with Crippen molar-refractivity contribution in [3.8, 4) is 22.3 Å². The summed E-state index contributed by atoms with van der Waals surface area (Å²) in [5.41, 5.74) is 5.10. The van der Waals surface area contributed by atoms with Crippen LogP contribution < -0.4 is 10.6 Å². The number of fused-ring (bicyclic) bond motifs is 2. The number of carbonyl (C=O) groups excluding carboxylic acids is 2. The molecule has 3 aromatic carbocycles. The maximum atomic E-state index is 13.5. The number of H-pyrrole nitrogens is 2. The van der Waals surface area contributed by atoms with E-state index in [0.717, 1.165) is 56.6 Å². The van der Waals surface area contributed by atoms with Crippen molar-refractivity contribution in [3.05, 3.63) is 72.3 Å². The number of hydrogen-bond donors (Lipinski definition) is 5. The highest BCUT2D eigenvalue weighted by Gasteiger charge is 2.38. The van der Waals surface area contributed by atoms with Gasteiger partial charge in [-0.15, -0.1) is 0 Å². The molecule has 0 saturated carbocycles. The summed E-state index contributed by atoms with van der Waals surface area (Å²) in [4.78, 5) is 43.5. The van der Waals surface area contributed by atoms with Crippen molar-refractivity contribution < 1.29 is 14.7 Å². The number of nitrogens with zero attached hydrogens (tertiary/aromatic N) is 2. The molecule has 290 valence electrons.